The zero-order valence-corrected chi connectivity index (χ0v) is 22.1. The molecule has 0 aliphatic carbocycles. The van der Waals surface area contributed by atoms with Crippen molar-refractivity contribution in [3.8, 4) is 0 Å². The Morgan fingerprint density at radius 3 is 1.94 bits per heavy atom. The quantitative estimate of drug-likeness (QED) is 0.235. The van der Waals surface area contributed by atoms with Gasteiger partial charge in [0.2, 0.25) is 0 Å². The molecule has 2 aliphatic rings. The molecule has 2 nitrogen and oxygen atoms in total. The summed E-state index contributed by atoms with van der Waals surface area (Å²) < 4.78 is 0. The Labute approximate surface area is 224 Å². The average molecular weight is 540 g/mol. The van der Waals surface area contributed by atoms with Gasteiger partial charge in [0.1, 0.15) is 12.2 Å². The molecule has 3 atom stereocenters. The maximum atomic E-state index is 10.6. The van der Waals surface area contributed by atoms with Crippen LogP contribution in [-0.4, -0.2) is 10.2 Å². The Balaban J connectivity index is 0.000000145. The van der Waals surface area contributed by atoms with E-state index in [9.17, 15) is 10.2 Å². The maximum Gasteiger partial charge on any atom is 0.107 e. The number of fused-ring (bicyclic) bond motifs is 4. The fraction of sp³-hybridized carbons (Fsp3) is 0.172. The molecule has 6 rings (SSSR count). The van der Waals surface area contributed by atoms with Crippen LogP contribution in [0.4, 0.5) is 0 Å². The van der Waals surface area contributed by atoms with Crippen LogP contribution < -0.4 is 0 Å². The highest BCUT2D eigenvalue weighted by Crippen LogP contribution is 2.48. The van der Waals surface area contributed by atoms with Crippen LogP contribution in [0.2, 0.25) is 10.0 Å². The molecule has 0 aromatic heterocycles. The molecular weight excluding hydrogens is 515 g/mol. The minimum absolute atomic E-state index is 0.289. The second kappa shape index (κ2) is 10.6. The third-order valence-corrected chi connectivity index (χ3v) is 9.36. The van der Waals surface area contributed by atoms with Gasteiger partial charge >= 0.3 is 0 Å². The lowest BCUT2D eigenvalue weighted by Gasteiger charge is -2.16. The van der Waals surface area contributed by atoms with Crippen molar-refractivity contribution in [1.82, 2.24) is 0 Å². The highest BCUT2D eigenvalue weighted by atomic mass is 35.5. The fourth-order valence-electron chi connectivity index (χ4n) is 4.58. The summed E-state index contributed by atoms with van der Waals surface area (Å²) in [5, 5.41) is 22.6. The molecule has 2 aliphatic heterocycles. The summed E-state index contributed by atoms with van der Waals surface area (Å²) in [5.74, 6) is 0.851. The third-order valence-electron chi connectivity index (χ3n) is 6.33. The highest BCUT2D eigenvalue weighted by Gasteiger charge is 2.27. The van der Waals surface area contributed by atoms with Gasteiger partial charge in [0.05, 0.1) is 0 Å². The van der Waals surface area contributed by atoms with E-state index in [4.69, 9.17) is 23.2 Å². The smallest absolute Gasteiger partial charge is 0.107 e. The largest absolute Gasteiger partial charge is 0.384 e. The van der Waals surface area contributed by atoms with Gasteiger partial charge in [-0.2, -0.15) is 0 Å². The molecule has 2 N–H and O–H groups in total. The van der Waals surface area contributed by atoms with E-state index < -0.39 is 12.2 Å². The minimum atomic E-state index is -0.637. The summed E-state index contributed by atoms with van der Waals surface area (Å²) in [5.41, 5.74) is 5.84. The first kappa shape index (κ1) is 24.8. The van der Waals surface area contributed by atoms with Gasteiger partial charge < -0.3 is 10.2 Å². The molecule has 0 spiro atoms. The van der Waals surface area contributed by atoms with Crippen molar-refractivity contribution >= 4 is 46.7 Å². The third kappa shape index (κ3) is 4.89. The predicted octanol–water partition coefficient (Wildman–Crippen LogP) is 8.62. The molecule has 0 saturated heterocycles. The molecule has 6 heteroatoms. The van der Waals surface area contributed by atoms with Crippen molar-refractivity contribution in [3.05, 3.63) is 128 Å². The maximum absolute atomic E-state index is 10.6. The number of aliphatic hydroxyl groups excluding tert-OH is 2. The zero-order chi connectivity index (χ0) is 24.5. The highest BCUT2D eigenvalue weighted by molar-refractivity contribution is 7.99. The summed E-state index contributed by atoms with van der Waals surface area (Å²) in [4.78, 5) is 2.26. The van der Waals surface area contributed by atoms with E-state index in [1.165, 1.54) is 0 Å². The SMILES string of the molecule is CC1Sc2ccccc2C(O)c2c(Cl)cccc21.OC1c2ccccc2SCc2cccc(Cl)c21. The summed E-state index contributed by atoms with van der Waals surface area (Å²) >= 11 is 16.0. The van der Waals surface area contributed by atoms with Crippen LogP contribution >= 0.6 is 46.7 Å². The van der Waals surface area contributed by atoms with Crippen LogP contribution in [0, 0.1) is 0 Å². The zero-order valence-electron chi connectivity index (χ0n) is 19.0. The molecule has 0 fully saturated rings. The van der Waals surface area contributed by atoms with Gasteiger partial charge in [0.25, 0.3) is 0 Å². The molecule has 0 amide bonds. The van der Waals surface area contributed by atoms with Gasteiger partial charge in [-0.15, -0.1) is 23.5 Å². The number of halogens is 2. The summed E-state index contributed by atoms with van der Waals surface area (Å²) in [7, 11) is 0. The summed E-state index contributed by atoms with van der Waals surface area (Å²) in [6, 6.07) is 27.6. The van der Waals surface area contributed by atoms with Gasteiger partial charge in [-0.25, -0.2) is 0 Å². The second-order valence-corrected chi connectivity index (χ2v) is 11.7. The monoisotopic (exact) mass is 538 g/mol. The Morgan fingerprint density at radius 2 is 1.20 bits per heavy atom. The molecule has 4 aromatic rings. The van der Waals surface area contributed by atoms with Crippen LogP contribution in [0.3, 0.4) is 0 Å². The van der Waals surface area contributed by atoms with Crippen molar-refractivity contribution in [2.75, 3.05) is 0 Å². The summed E-state index contributed by atoms with van der Waals surface area (Å²) in [6.07, 6.45) is -1.26. The van der Waals surface area contributed by atoms with Crippen LogP contribution in [0.25, 0.3) is 0 Å². The van der Waals surface area contributed by atoms with Crippen molar-refractivity contribution in [2.24, 2.45) is 0 Å². The van der Waals surface area contributed by atoms with Crippen molar-refractivity contribution in [1.29, 1.82) is 0 Å². The van der Waals surface area contributed by atoms with Crippen LogP contribution in [0.1, 0.15) is 57.8 Å². The molecule has 4 aromatic carbocycles. The Kier molecular flexibility index (Phi) is 7.50. The minimum Gasteiger partial charge on any atom is -0.384 e. The van der Waals surface area contributed by atoms with E-state index in [1.54, 1.807) is 23.5 Å². The Morgan fingerprint density at radius 1 is 0.657 bits per heavy atom. The van der Waals surface area contributed by atoms with Gasteiger partial charge in [-0.3, -0.25) is 0 Å². The van der Waals surface area contributed by atoms with E-state index in [-0.39, 0.29) is 5.25 Å². The van der Waals surface area contributed by atoms with Crippen molar-refractivity contribution < 1.29 is 10.2 Å². The predicted molar refractivity (Wildman–Crippen MR) is 148 cm³/mol. The van der Waals surface area contributed by atoms with Gasteiger partial charge in [-0.05, 0) is 53.4 Å². The van der Waals surface area contributed by atoms with Crippen molar-refractivity contribution in [2.45, 2.75) is 39.9 Å². The van der Waals surface area contributed by atoms with E-state index in [0.717, 1.165) is 48.9 Å². The first-order valence-electron chi connectivity index (χ1n) is 11.3. The topological polar surface area (TPSA) is 40.5 Å². The van der Waals surface area contributed by atoms with Crippen LogP contribution in [-0.2, 0) is 5.75 Å². The van der Waals surface area contributed by atoms with Gasteiger partial charge in [0.15, 0.2) is 0 Å². The second-order valence-electron chi connectivity index (χ2n) is 8.48. The molecule has 0 saturated carbocycles. The normalized spacial score (nSPS) is 20.1. The standard InChI is InChI=1S/C15H13ClOS.C14H11ClOS/c1-9-10-6-4-7-12(16)14(10)15(17)11-5-2-3-8-13(11)18-9;15-11-6-3-4-9-8-17-12-7-2-1-5-10(12)14(16)13(9)11/h2-9,15,17H,1H3;1-7,14,16H,8H2. The fourth-order valence-corrected chi connectivity index (χ4v) is 7.44. The average Bonchev–Trinajstić information content (AvgIpc) is 3.08. The van der Waals surface area contributed by atoms with Crippen LogP contribution in [0.5, 0.6) is 0 Å². The van der Waals surface area contributed by atoms with E-state index >= 15 is 0 Å². The van der Waals surface area contributed by atoms with E-state index in [1.807, 2.05) is 78.9 Å². The Hall–Kier alpha value is -1.92. The molecular formula is C29H24Cl2O2S2. The molecule has 3 unspecified atom stereocenters. The first-order chi connectivity index (χ1) is 17.0. The lowest BCUT2D eigenvalue weighted by Crippen LogP contribution is -2.03. The van der Waals surface area contributed by atoms with Crippen molar-refractivity contribution in [3.63, 3.8) is 0 Å². The number of thioether (sulfide) groups is 2. The lowest BCUT2D eigenvalue weighted by molar-refractivity contribution is 0.217. The van der Waals surface area contributed by atoms with Crippen LogP contribution in [0.15, 0.2) is 94.7 Å². The molecule has 2 heterocycles. The number of hydrogen-bond acceptors (Lipinski definition) is 4. The molecule has 0 radical (unpaired) electrons. The molecule has 35 heavy (non-hydrogen) atoms. The lowest BCUT2D eigenvalue weighted by atomic mass is 9.95. The number of rotatable bonds is 0. The first-order valence-corrected chi connectivity index (χ1v) is 14.0. The Bertz CT molecular complexity index is 1370. The van der Waals surface area contributed by atoms with Gasteiger partial charge in [0, 0.05) is 42.0 Å². The summed E-state index contributed by atoms with van der Waals surface area (Å²) in [6.45, 7) is 2.15. The van der Waals surface area contributed by atoms with E-state index in [2.05, 4.69) is 13.0 Å². The number of benzene rings is 4. The van der Waals surface area contributed by atoms with Gasteiger partial charge in [-0.1, -0.05) is 83.9 Å². The molecule has 178 valence electrons. The number of hydrogen-bond donors (Lipinski definition) is 2. The molecule has 0 bridgehead atoms. The van der Waals surface area contributed by atoms with E-state index in [0.29, 0.717) is 10.0 Å². The number of aliphatic hydroxyl groups is 2.